The maximum Gasteiger partial charge on any atom is 0.255 e. The molecule has 0 spiro atoms. The number of aromatic nitrogens is 1. The Labute approximate surface area is 112 Å². The van der Waals surface area contributed by atoms with Crippen LogP contribution < -0.4 is 11.1 Å². The highest BCUT2D eigenvalue weighted by molar-refractivity contribution is 6.04. The third-order valence-electron chi connectivity index (χ3n) is 2.86. The van der Waals surface area contributed by atoms with E-state index < -0.39 is 0 Å². The van der Waals surface area contributed by atoms with Crippen molar-refractivity contribution >= 4 is 11.6 Å². The van der Waals surface area contributed by atoms with Gasteiger partial charge in [-0.05, 0) is 37.6 Å². The van der Waals surface area contributed by atoms with Crippen LogP contribution in [0.15, 0.2) is 42.6 Å². The van der Waals surface area contributed by atoms with Gasteiger partial charge in [-0.2, -0.15) is 0 Å². The molecule has 1 heterocycles. The smallest absolute Gasteiger partial charge is 0.255 e. The predicted octanol–water partition coefficient (Wildman–Crippen LogP) is 2.66. The Balaban J connectivity index is 2.24. The molecular weight excluding hydrogens is 238 g/mol. The molecule has 0 bridgehead atoms. The third kappa shape index (κ3) is 3.17. The molecule has 2 rings (SSSR count). The first-order chi connectivity index (χ1) is 9.08. The second-order valence-corrected chi connectivity index (χ2v) is 4.52. The summed E-state index contributed by atoms with van der Waals surface area (Å²) in [4.78, 5) is 16.2. The Morgan fingerprint density at radius 2 is 2.05 bits per heavy atom. The molecule has 0 saturated heterocycles. The van der Waals surface area contributed by atoms with Crippen molar-refractivity contribution in [1.29, 1.82) is 0 Å². The van der Waals surface area contributed by atoms with Gasteiger partial charge in [-0.25, -0.2) is 0 Å². The fourth-order valence-electron chi connectivity index (χ4n) is 1.89. The van der Waals surface area contributed by atoms with Crippen LogP contribution in [-0.4, -0.2) is 10.9 Å². The first kappa shape index (κ1) is 13.2. The number of anilines is 1. The number of carbonyl (C=O) groups excluding carboxylic acids is 1. The van der Waals surface area contributed by atoms with Crippen LogP contribution in [0.2, 0.25) is 0 Å². The highest BCUT2D eigenvalue weighted by Crippen LogP contribution is 2.21. The monoisotopic (exact) mass is 255 g/mol. The van der Waals surface area contributed by atoms with Gasteiger partial charge < -0.3 is 11.1 Å². The Bertz CT molecular complexity index is 593. The summed E-state index contributed by atoms with van der Waals surface area (Å²) in [7, 11) is 0. The van der Waals surface area contributed by atoms with Gasteiger partial charge >= 0.3 is 0 Å². The Morgan fingerprint density at radius 1 is 1.32 bits per heavy atom. The SMILES string of the molecule is Cc1cc(C(=O)Nc2ccccc2C(C)N)ccn1. The minimum absolute atomic E-state index is 0.129. The van der Waals surface area contributed by atoms with E-state index in [4.69, 9.17) is 5.73 Å². The zero-order valence-electron chi connectivity index (χ0n) is 11.1. The van der Waals surface area contributed by atoms with E-state index in [2.05, 4.69) is 10.3 Å². The van der Waals surface area contributed by atoms with E-state index >= 15 is 0 Å². The topological polar surface area (TPSA) is 68.0 Å². The Kier molecular flexibility index (Phi) is 3.92. The van der Waals surface area contributed by atoms with Gasteiger partial charge in [-0.3, -0.25) is 9.78 Å². The van der Waals surface area contributed by atoms with Crippen LogP contribution in [0.4, 0.5) is 5.69 Å². The van der Waals surface area contributed by atoms with Crippen LogP contribution >= 0.6 is 0 Å². The zero-order valence-corrected chi connectivity index (χ0v) is 11.1. The molecule has 3 N–H and O–H groups in total. The molecule has 0 aliphatic heterocycles. The molecule has 1 atom stereocenters. The fraction of sp³-hybridized carbons (Fsp3) is 0.200. The summed E-state index contributed by atoms with van der Waals surface area (Å²) in [6, 6.07) is 10.9. The van der Waals surface area contributed by atoms with Crippen molar-refractivity contribution in [2.75, 3.05) is 5.32 Å². The molecule has 0 aliphatic carbocycles. The molecule has 0 radical (unpaired) electrons. The van der Waals surface area contributed by atoms with Crippen molar-refractivity contribution < 1.29 is 4.79 Å². The third-order valence-corrected chi connectivity index (χ3v) is 2.86. The average molecular weight is 255 g/mol. The van der Waals surface area contributed by atoms with Crippen molar-refractivity contribution in [3.63, 3.8) is 0 Å². The lowest BCUT2D eigenvalue weighted by molar-refractivity contribution is 0.102. The zero-order chi connectivity index (χ0) is 13.8. The van der Waals surface area contributed by atoms with E-state index in [9.17, 15) is 4.79 Å². The van der Waals surface area contributed by atoms with Crippen LogP contribution in [0.25, 0.3) is 0 Å². The average Bonchev–Trinajstić information content (AvgIpc) is 2.39. The van der Waals surface area contributed by atoms with E-state index in [0.717, 1.165) is 16.9 Å². The number of benzene rings is 1. The van der Waals surface area contributed by atoms with Gasteiger partial charge in [-0.1, -0.05) is 18.2 Å². The van der Waals surface area contributed by atoms with Crippen LogP contribution in [-0.2, 0) is 0 Å². The summed E-state index contributed by atoms with van der Waals surface area (Å²) in [5, 5.41) is 2.89. The summed E-state index contributed by atoms with van der Waals surface area (Å²) >= 11 is 0. The van der Waals surface area contributed by atoms with Crippen LogP contribution in [0.1, 0.15) is 34.6 Å². The second kappa shape index (κ2) is 5.63. The molecule has 0 aliphatic rings. The van der Waals surface area contributed by atoms with Gasteiger partial charge in [0, 0.05) is 29.2 Å². The van der Waals surface area contributed by atoms with Gasteiger partial charge in [0.1, 0.15) is 0 Å². The predicted molar refractivity (Wildman–Crippen MR) is 76.0 cm³/mol. The molecule has 0 saturated carbocycles. The molecule has 0 fully saturated rings. The first-order valence-corrected chi connectivity index (χ1v) is 6.16. The maximum atomic E-state index is 12.2. The van der Waals surface area contributed by atoms with Gasteiger partial charge in [0.25, 0.3) is 5.91 Å². The number of hydrogen-bond acceptors (Lipinski definition) is 3. The number of nitrogens with one attached hydrogen (secondary N) is 1. The fourth-order valence-corrected chi connectivity index (χ4v) is 1.89. The van der Waals surface area contributed by atoms with Crippen molar-refractivity contribution in [1.82, 2.24) is 4.98 Å². The van der Waals surface area contributed by atoms with E-state index in [0.29, 0.717) is 5.56 Å². The van der Waals surface area contributed by atoms with E-state index in [1.165, 1.54) is 0 Å². The molecule has 1 amide bonds. The number of carbonyl (C=O) groups is 1. The summed E-state index contributed by atoms with van der Waals surface area (Å²) in [5.41, 5.74) is 8.96. The van der Waals surface area contributed by atoms with E-state index in [-0.39, 0.29) is 11.9 Å². The van der Waals surface area contributed by atoms with Gasteiger partial charge in [-0.15, -0.1) is 0 Å². The Morgan fingerprint density at radius 3 is 2.74 bits per heavy atom. The quantitative estimate of drug-likeness (QED) is 0.886. The van der Waals surface area contributed by atoms with Gasteiger partial charge in [0.15, 0.2) is 0 Å². The lowest BCUT2D eigenvalue weighted by Gasteiger charge is -2.13. The normalized spacial score (nSPS) is 11.9. The van der Waals surface area contributed by atoms with E-state index in [1.54, 1.807) is 18.3 Å². The standard InChI is InChI=1S/C15H17N3O/c1-10-9-12(7-8-17-10)15(19)18-14-6-4-3-5-13(14)11(2)16/h3-9,11H,16H2,1-2H3,(H,18,19). The number of nitrogens with zero attached hydrogens (tertiary/aromatic N) is 1. The molecule has 98 valence electrons. The highest BCUT2D eigenvalue weighted by atomic mass is 16.1. The van der Waals surface area contributed by atoms with Crippen molar-refractivity contribution in [2.45, 2.75) is 19.9 Å². The number of aryl methyl sites for hydroxylation is 1. The summed E-state index contributed by atoms with van der Waals surface area (Å²) in [6.45, 7) is 3.74. The number of rotatable bonds is 3. The molecule has 1 aromatic carbocycles. The molecule has 1 unspecified atom stereocenters. The maximum absolute atomic E-state index is 12.2. The van der Waals surface area contributed by atoms with Gasteiger partial charge in [0.2, 0.25) is 0 Å². The Hall–Kier alpha value is -2.20. The van der Waals surface area contributed by atoms with Crippen LogP contribution in [0, 0.1) is 6.92 Å². The molecule has 4 nitrogen and oxygen atoms in total. The largest absolute Gasteiger partial charge is 0.324 e. The first-order valence-electron chi connectivity index (χ1n) is 6.16. The number of hydrogen-bond donors (Lipinski definition) is 2. The van der Waals surface area contributed by atoms with Gasteiger partial charge in [0.05, 0.1) is 0 Å². The number of amides is 1. The highest BCUT2D eigenvalue weighted by Gasteiger charge is 2.11. The lowest BCUT2D eigenvalue weighted by Crippen LogP contribution is -2.16. The minimum Gasteiger partial charge on any atom is -0.324 e. The molecule has 2 aromatic rings. The number of para-hydroxylation sites is 1. The molecule has 1 aromatic heterocycles. The van der Waals surface area contributed by atoms with Crippen molar-refractivity contribution in [2.24, 2.45) is 5.73 Å². The van der Waals surface area contributed by atoms with Crippen molar-refractivity contribution in [3.05, 3.63) is 59.4 Å². The number of pyridine rings is 1. The molecular formula is C15H17N3O. The molecule has 4 heteroatoms. The van der Waals surface area contributed by atoms with E-state index in [1.807, 2.05) is 38.1 Å². The number of nitrogens with two attached hydrogens (primary N) is 1. The summed E-state index contributed by atoms with van der Waals surface area (Å²) in [6.07, 6.45) is 1.63. The minimum atomic E-state index is -0.154. The second-order valence-electron chi connectivity index (χ2n) is 4.52. The van der Waals surface area contributed by atoms with Crippen LogP contribution in [0.5, 0.6) is 0 Å². The van der Waals surface area contributed by atoms with Crippen LogP contribution in [0.3, 0.4) is 0 Å². The summed E-state index contributed by atoms with van der Waals surface area (Å²) < 4.78 is 0. The van der Waals surface area contributed by atoms with Crippen molar-refractivity contribution in [3.8, 4) is 0 Å². The summed E-state index contributed by atoms with van der Waals surface area (Å²) in [5.74, 6) is -0.154. The lowest BCUT2D eigenvalue weighted by atomic mass is 10.1. The molecule has 19 heavy (non-hydrogen) atoms.